The predicted molar refractivity (Wildman–Crippen MR) is 77.5 cm³/mol. The van der Waals surface area contributed by atoms with Crippen molar-refractivity contribution in [3.05, 3.63) is 11.4 Å². The van der Waals surface area contributed by atoms with Crippen LogP contribution >= 0.6 is 0 Å². The molecule has 0 aromatic carbocycles. The SMILES string of the molecule is CCc1nn(C)c(C(=O)NC(C)CCS(C)=O)c1N. The summed E-state index contributed by atoms with van der Waals surface area (Å²) in [5, 5.41) is 7.07. The van der Waals surface area contributed by atoms with E-state index in [9.17, 15) is 9.00 Å². The van der Waals surface area contributed by atoms with E-state index in [2.05, 4.69) is 10.4 Å². The number of nitrogens with one attached hydrogen (secondary N) is 1. The summed E-state index contributed by atoms with van der Waals surface area (Å²) in [7, 11) is 0.859. The van der Waals surface area contributed by atoms with Crippen molar-refractivity contribution in [2.24, 2.45) is 7.05 Å². The van der Waals surface area contributed by atoms with Gasteiger partial charge < -0.3 is 11.1 Å². The molecule has 1 rings (SSSR count). The summed E-state index contributed by atoms with van der Waals surface area (Å²) >= 11 is 0. The zero-order valence-electron chi connectivity index (χ0n) is 11.9. The number of carbonyl (C=O) groups excluding carboxylic acids is 1. The average molecular weight is 286 g/mol. The highest BCUT2D eigenvalue weighted by Gasteiger charge is 2.20. The van der Waals surface area contributed by atoms with Crippen molar-refractivity contribution in [2.45, 2.75) is 32.7 Å². The molecule has 0 saturated heterocycles. The van der Waals surface area contributed by atoms with Crippen LogP contribution in [0.15, 0.2) is 0 Å². The van der Waals surface area contributed by atoms with E-state index in [1.165, 1.54) is 4.68 Å². The Hall–Kier alpha value is -1.37. The number of nitrogen functional groups attached to an aromatic ring is 1. The highest BCUT2D eigenvalue weighted by Crippen LogP contribution is 2.16. The van der Waals surface area contributed by atoms with Gasteiger partial charge in [0.25, 0.3) is 5.91 Å². The number of nitrogens with two attached hydrogens (primary N) is 1. The molecule has 0 saturated carbocycles. The van der Waals surface area contributed by atoms with Crippen molar-refractivity contribution >= 4 is 22.4 Å². The highest BCUT2D eigenvalue weighted by atomic mass is 32.2. The molecule has 108 valence electrons. The molecule has 0 bridgehead atoms. The highest BCUT2D eigenvalue weighted by molar-refractivity contribution is 7.84. The van der Waals surface area contributed by atoms with Crippen molar-refractivity contribution in [3.63, 3.8) is 0 Å². The number of nitrogens with zero attached hydrogens (tertiary/aromatic N) is 2. The molecule has 19 heavy (non-hydrogen) atoms. The number of anilines is 1. The fourth-order valence-electron chi connectivity index (χ4n) is 1.83. The monoisotopic (exact) mass is 286 g/mol. The normalized spacial score (nSPS) is 14.1. The van der Waals surface area contributed by atoms with Gasteiger partial charge in [-0.05, 0) is 19.8 Å². The third-order valence-electron chi connectivity index (χ3n) is 2.93. The van der Waals surface area contributed by atoms with Crippen LogP contribution in [0.3, 0.4) is 0 Å². The van der Waals surface area contributed by atoms with Crippen LogP contribution in [-0.2, 0) is 24.3 Å². The molecule has 0 aliphatic heterocycles. The van der Waals surface area contributed by atoms with Gasteiger partial charge in [-0.25, -0.2) is 0 Å². The number of hydrogen-bond donors (Lipinski definition) is 2. The van der Waals surface area contributed by atoms with Crippen molar-refractivity contribution in [3.8, 4) is 0 Å². The van der Waals surface area contributed by atoms with Crippen LogP contribution < -0.4 is 11.1 Å². The van der Waals surface area contributed by atoms with Gasteiger partial charge in [0.2, 0.25) is 0 Å². The fraction of sp³-hybridized carbons (Fsp3) is 0.667. The Kier molecular flexibility index (Phi) is 5.53. The molecule has 0 spiro atoms. The minimum Gasteiger partial charge on any atom is -0.395 e. The van der Waals surface area contributed by atoms with Crippen LogP contribution in [0.1, 0.15) is 36.5 Å². The minimum absolute atomic E-state index is 0.0456. The summed E-state index contributed by atoms with van der Waals surface area (Å²) in [6.45, 7) is 3.83. The first-order valence-corrected chi connectivity index (χ1v) is 8.01. The number of hydrogen-bond acceptors (Lipinski definition) is 4. The molecular formula is C12H22N4O2S. The number of rotatable bonds is 6. The van der Waals surface area contributed by atoms with Crippen LogP contribution in [0.5, 0.6) is 0 Å². The van der Waals surface area contributed by atoms with E-state index in [0.29, 0.717) is 30.0 Å². The van der Waals surface area contributed by atoms with Crippen molar-refractivity contribution in [1.82, 2.24) is 15.1 Å². The van der Waals surface area contributed by atoms with Gasteiger partial charge in [0.05, 0.1) is 11.4 Å². The molecule has 0 fully saturated rings. The third-order valence-corrected chi connectivity index (χ3v) is 3.74. The number of amides is 1. The third kappa shape index (κ3) is 4.05. The Balaban J connectivity index is 2.73. The van der Waals surface area contributed by atoms with E-state index >= 15 is 0 Å². The lowest BCUT2D eigenvalue weighted by molar-refractivity contribution is 0.0931. The maximum atomic E-state index is 12.1. The van der Waals surface area contributed by atoms with Crippen molar-refractivity contribution in [2.75, 3.05) is 17.7 Å². The van der Waals surface area contributed by atoms with Crippen molar-refractivity contribution in [1.29, 1.82) is 0 Å². The van der Waals surface area contributed by atoms with Gasteiger partial charge >= 0.3 is 0 Å². The maximum Gasteiger partial charge on any atom is 0.271 e. The van der Waals surface area contributed by atoms with Gasteiger partial charge in [-0.15, -0.1) is 0 Å². The van der Waals surface area contributed by atoms with Gasteiger partial charge in [0, 0.05) is 35.9 Å². The first kappa shape index (κ1) is 15.7. The molecule has 0 aliphatic rings. The zero-order chi connectivity index (χ0) is 14.6. The molecule has 1 amide bonds. The molecule has 0 aliphatic carbocycles. The topological polar surface area (TPSA) is 90.0 Å². The second-order valence-corrected chi connectivity index (χ2v) is 6.18. The van der Waals surface area contributed by atoms with Gasteiger partial charge in [-0.3, -0.25) is 13.7 Å². The number of aromatic nitrogens is 2. The molecule has 0 radical (unpaired) electrons. The molecule has 1 aromatic rings. The molecule has 6 nitrogen and oxygen atoms in total. The summed E-state index contributed by atoms with van der Waals surface area (Å²) in [5.41, 5.74) is 7.48. The minimum atomic E-state index is -0.845. The molecule has 1 heterocycles. The summed E-state index contributed by atoms with van der Waals surface area (Å²) in [6, 6.07) is -0.0456. The first-order valence-electron chi connectivity index (χ1n) is 6.29. The quantitative estimate of drug-likeness (QED) is 0.794. The Morgan fingerprint density at radius 2 is 2.21 bits per heavy atom. The Labute approximate surface area is 116 Å². The van der Waals surface area contributed by atoms with Gasteiger partial charge in [0.1, 0.15) is 5.69 Å². The zero-order valence-corrected chi connectivity index (χ0v) is 12.7. The summed E-state index contributed by atoms with van der Waals surface area (Å²) < 4.78 is 12.5. The number of aryl methyl sites for hydroxylation is 2. The van der Waals surface area contributed by atoms with E-state index in [0.717, 1.165) is 5.69 Å². The Bertz CT molecular complexity index is 484. The molecular weight excluding hydrogens is 264 g/mol. The van der Waals surface area contributed by atoms with E-state index in [1.54, 1.807) is 13.3 Å². The molecule has 2 unspecified atom stereocenters. The van der Waals surface area contributed by atoms with Crippen LogP contribution in [0.2, 0.25) is 0 Å². The van der Waals surface area contributed by atoms with Crippen LogP contribution in [0.25, 0.3) is 0 Å². The van der Waals surface area contributed by atoms with Crippen LogP contribution in [0.4, 0.5) is 5.69 Å². The maximum absolute atomic E-state index is 12.1. The molecule has 3 N–H and O–H groups in total. The van der Waals surface area contributed by atoms with E-state index in [4.69, 9.17) is 5.73 Å². The second kappa shape index (κ2) is 6.70. The van der Waals surface area contributed by atoms with E-state index < -0.39 is 10.8 Å². The summed E-state index contributed by atoms with van der Waals surface area (Å²) in [6.07, 6.45) is 3.02. The lowest BCUT2D eigenvalue weighted by atomic mass is 10.2. The van der Waals surface area contributed by atoms with E-state index in [1.807, 2.05) is 13.8 Å². The second-order valence-electron chi connectivity index (χ2n) is 4.63. The van der Waals surface area contributed by atoms with Crippen LogP contribution in [0, 0.1) is 0 Å². The fourth-order valence-corrected chi connectivity index (χ4v) is 2.52. The lowest BCUT2D eigenvalue weighted by Crippen LogP contribution is -2.35. The molecule has 1 aromatic heterocycles. The smallest absolute Gasteiger partial charge is 0.271 e. The predicted octanol–water partition coefficient (Wildman–Crippen LogP) is 0.452. The summed E-state index contributed by atoms with van der Waals surface area (Å²) in [4.78, 5) is 12.1. The van der Waals surface area contributed by atoms with E-state index in [-0.39, 0.29) is 11.9 Å². The van der Waals surface area contributed by atoms with Gasteiger partial charge in [-0.1, -0.05) is 6.92 Å². The van der Waals surface area contributed by atoms with Crippen LogP contribution in [-0.4, -0.2) is 37.9 Å². The lowest BCUT2D eigenvalue weighted by Gasteiger charge is -2.13. The van der Waals surface area contributed by atoms with Crippen molar-refractivity contribution < 1.29 is 9.00 Å². The number of carbonyl (C=O) groups is 1. The van der Waals surface area contributed by atoms with Gasteiger partial charge in [0.15, 0.2) is 0 Å². The summed E-state index contributed by atoms with van der Waals surface area (Å²) in [5.74, 6) is 0.337. The largest absolute Gasteiger partial charge is 0.395 e. The standard InChI is InChI=1S/C12H22N4O2S/c1-5-9-10(13)11(16(3)15-9)12(17)14-8(2)6-7-19(4)18/h8H,5-7,13H2,1-4H3,(H,14,17). The molecule has 2 atom stereocenters. The first-order chi connectivity index (χ1) is 8.86. The van der Waals surface area contributed by atoms with Gasteiger partial charge in [-0.2, -0.15) is 5.10 Å². The molecule has 7 heteroatoms. The average Bonchev–Trinajstić information content (AvgIpc) is 2.61. The Morgan fingerprint density at radius 1 is 1.58 bits per heavy atom. The Morgan fingerprint density at radius 3 is 2.68 bits per heavy atom.